The highest BCUT2D eigenvalue weighted by Crippen LogP contribution is 2.16. The zero-order valence-electron chi connectivity index (χ0n) is 16.8. The third kappa shape index (κ3) is 6.32. The predicted molar refractivity (Wildman–Crippen MR) is 116 cm³/mol. The van der Waals surface area contributed by atoms with Crippen molar-refractivity contribution in [2.45, 2.75) is 25.3 Å². The van der Waals surface area contributed by atoms with Crippen LogP contribution in [0.25, 0.3) is 0 Å². The molecule has 1 aliphatic heterocycles. The van der Waals surface area contributed by atoms with E-state index in [-0.39, 0.29) is 11.8 Å². The number of benzene rings is 2. The summed E-state index contributed by atoms with van der Waals surface area (Å²) in [5, 5.41) is 2.85. The quantitative estimate of drug-likeness (QED) is 0.670. The summed E-state index contributed by atoms with van der Waals surface area (Å²) in [6, 6.07) is 19.4. The van der Waals surface area contributed by atoms with Crippen LogP contribution in [0.3, 0.4) is 0 Å². The fourth-order valence-electron chi connectivity index (χ4n) is 3.55. The molecule has 2 aromatic carbocycles. The number of nitrogens with one attached hydrogen (secondary N) is 1. The first-order valence-corrected chi connectivity index (χ1v) is 10.3. The molecule has 0 aromatic heterocycles. The van der Waals surface area contributed by atoms with Crippen molar-refractivity contribution in [3.63, 3.8) is 0 Å². The molecular formula is C23H30N4O2. The summed E-state index contributed by atoms with van der Waals surface area (Å²) in [7, 11) is 0. The maximum Gasteiger partial charge on any atom is 0.237 e. The largest absolute Gasteiger partial charge is 0.368 e. The van der Waals surface area contributed by atoms with Crippen LogP contribution in [0.4, 0.5) is 5.69 Å². The Bertz CT molecular complexity index is 774. The topological polar surface area (TPSA) is 78.7 Å². The molecule has 0 radical (unpaired) electrons. The van der Waals surface area contributed by atoms with Gasteiger partial charge in [-0.2, -0.15) is 0 Å². The minimum atomic E-state index is -0.570. The number of nitrogens with two attached hydrogens (primary N) is 1. The van der Waals surface area contributed by atoms with Gasteiger partial charge < -0.3 is 20.9 Å². The van der Waals surface area contributed by atoms with Crippen molar-refractivity contribution in [1.29, 1.82) is 0 Å². The van der Waals surface area contributed by atoms with Crippen molar-refractivity contribution >= 4 is 17.5 Å². The average molecular weight is 395 g/mol. The fourth-order valence-corrected chi connectivity index (χ4v) is 3.55. The first-order chi connectivity index (χ1) is 14.1. The molecule has 1 heterocycles. The number of amides is 2. The maximum absolute atomic E-state index is 12.4. The van der Waals surface area contributed by atoms with Crippen LogP contribution < -0.4 is 16.0 Å². The molecule has 154 valence electrons. The van der Waals surface area contributed by atoms with E-state index in [0.29, 0.717) is 25.8 Å². The smallest absolute Gasteiger partial charge is 0.237 e. The van der Waals surface area contributed by atoms with Crippen LogP contribution >= 0.6 is 0 Å². The number of carbonyl (C=O) groups excluding carboxylic acids is 2. The number of piperazine rings is 1. The molecule has 0 spiro atoms. The van der Waals surface area contributed by atoms with E-state index in [4.69, 9.17) is 5.73 Å². The van der Waals surface area contributed by atoms with Gasteiger partial charge in [-0.15, -0.1) is 0 Å². The Kier molecular flexibility index (Phi) is 7.64. The summed E-state index contributed by atoms with van der Waals surface area (Å²) < 4.78 is 0. The van der Waals surface area contributed by atoms with Crippen LogP contribution in [0.1, 0.15) is 18.4 Å². The lowest BCUT2D eigenvalue weighted by atomic mass is 10.1. The van der Waals surface area contributed by atoms with Crippen LogP contribution in [0.5, 0.6) is 0 Å². The Morgan fingerprint density at radius 2 is 1.55 bits per heavy atom. The van der Waals surface area contributed by atoms with Gasteiger partial charge in [-0.3, -0.25) is 9.59 Å². The molecule has 2 amide bonds. The number of carbonyl (C=O) groups is 2. The summed E-state index contributed by atoms with van der Waals surface area (Å²) in [4.78, 5) is 28.8. The lowest BCUT2D eigenvalue weighted by molar-refractivity contribution is -0.131. The van der Waals surface area contributed by atoms with Crippen LogP contribution in [0, 0.1) is 0 Å². The number of rotatable bonds is 8. The SMILES string of the molecule is NC(Cc1ccccc1)C(=O)NCCCC(=O)N1CCN(c2ccccc2)CC1. The van der Waals surface area contributed by atoms with E-state index in [2.05, 4.69) is 22.3 Å². The van der Waals surface area contributed by atoms with E-state index < -0.39 is 6.04 Å². The van der Waals surface area contributed by atoms with Crippen LogP contribution in [-0.4, -0.2) is 55.5 Å². The Hall–Kier alpha value is -2.86. The Balaban J connectivity index is 1.31. The van der Waals surface area contributed by atoms with Crippen molar-refractivity contribution in [1.82, 2.24) is 10.2 Å². The van der Waals surface area contributed by atoms with E-state index in [0.717, 1.165) is 31.7 Å². The number of hydrogen-bond donors (Lipinski definition) is 2. The highest BCUT2D eigenvalue weighted by atomic mass is 16.2. The molecule has 0 aliphatic carbocycles. The third-order valence-corrected chi connectivity index (χ3v) is 5.26. The highest BCUT2D eigenvalue weighted by molar-refractivity contribution is 5.82. The Morgan fingerprint density at radius 1 is 0.931 bits per heavy atom. The third-order valence-electron chi connectivity index (χ3n) is 5.26. The first kappa shape index (κ1) is 20.9. The number of anilines is 1. The van der Waals surface area contributed by atoms with E-state index in [1.165, 1.54) is 5.69 Å². The van der Waals surface area contributed by atoms with Crippen molar-refractivity contribution in [3.8, 4) is 0 Å². The average Bonchev–Trinajstić information content (AvgIpc) is 2.77. The van der Waals surface area contributed by atoms with Gasteiger partial charge in [-0.25, -0.2) is 0 Å². The lowest BCUT2D eigenvalue weighted by Gasteiger charge is -2.36. The Labute approximate surface area is 172 Å². The monoisotopic (exact) mass is 394 g/mol. The molecule has 1 saturated heterocycles. The lowest BCUT2D eigenvalue weighted by Crippen LogP contribution is -2.49. The van der Waals surface area contributed by atoms with Gasteiger partial charge in [0.05, 0.1) is 6.04 Å². The standard InChI is InChI=1S/C23H30N4O2/c24-21(18-19-8-3-1-4-9-19)23(29)25-13-7-12-22(28)27-16-14-26(15-17-27)20-10-5-2-6-11-20/h1-6,8-11,21H,7,12-18,24H2,(H,25,29). The summed E-state index contributed by atoms with van der Waals surface area (Å²) in [5.74, 6) is -0.0154. The molecule has 3 rings (SSSR count). The fraction of sp³-hybridized carbons (Fsp3) is 0.391. The second-order valence-corrected chi connectivity index (χ2v) is 7.39. The van der Waals surface area contributed by atoms with Crippen molar-refractivity contribution in [2.24, 2.45) is 5.73 Å². The number of hydrogen-bond acceptors (Lipinski definition) is 4. The normalized spacial score (nSPS) is 15.1. The molecule has 1 fully saturated rings. The molecule has 1 aliphatic rings. The van der Waals surface area contributed by atoms with Crippen molar-refractivity contribution < 1.29 is 9.59 Å². The molecule has 3 N–H and O–H groups in total. The van der Waals surface area contributed by atoms with E-state index in [1.54, 1.807) is 0 Å². The van der Waals surface area contributed by atoms with Gasteiger partial charge >= 0.3 is 0 Å². The molecular weight excluding hydrogens is 364 g/mol. The van der Waals surface area contributed by atoms with Crippen molar-refractivity contribution in [3.05, 3.63) is 66.2 Å². The molecule has 29 heavy (non-hydrogen) atoms. The second-order valence-electron chi connectivity index (χ2n) is 7.39. The van der Waals surface area contributed by atoms with Crippen LogP contribution in [0.15, 0.2) is 60.7 Å². The van der Waals surface area contributed by atoms with Gasteiger partial charge in [0, 0.05) is 44.8 Å². The zero-order chi connectivity index (χ0) is 20.5. The second kappa shape index (κ2) is 10.6. The van der Waals surface area contributed by atoms with E-state index >= 15 is 0 Å². The minimum absolute atomic E-state index is 0.153. The van der Waals surface area contributed by atoms with E-state index in [1.807, 2.05) is 53.4 Å². The van der Waals surface area contributed by atoms with Crippen molar-refractivity contribution in [2.75, 3.05) is 37.6 Å². The van der Waals surface area contributed by atoms with Crippen LogP contribution in [0.2, 0.25) is 0 Å². The summed E-state index contributed by atoms with van der Waals surface area (Å²) in [6.45, 7) is 3.64. The minimum Gasteiger partial charge on any atom is -0.368 e. The maximum atomic E-state index is 12.4. The molecule has 0 bridgehead atoms. The van der Waals surface area contributed by atoms with Gasteiger partial charge in [0.2, 0.25) is 11.8 Å². The van der Waals surface area contributed by atoms with Gasteiger partial charge in [-0.1, -0.05) is 48.5 Å². The van der Waals surface area contributed by atoms with Crippen LogP contribution in [-0.2, 0) is 16.0 Å². The van der Waals surface area contributed by atoms with Gasteiger partial charge in [0.1, 0.15) is 0 Å². The molecule has 6 heteroatoms. The molecule has 6 nitrogen and oxygen atoms in total. The van der Waals surface area contributed by atoms with Gasteiger partial charge in [0.15, 0.2) is 0 Å². The molecule has 1 unspecified atom stereocenters. The summed E-state index contributed by atoms with van der Waals surface area (Å²) in [5.41, 5.74) is 8.22. The molecule has 2 aromatic rings. The summed E-state index contributed by atoms with van der Waals surface area (Å²) in [6.07, 6.45) is 1.58. The van der Waals surface area contributed by atoms with Gasteiger partial charge in [-0.05, 0) is 30.5 Å². The molecule has 1 atom stereocenters. The number of para-hydroxylation sites is 1. The predicted octanol–water partition coefficient (Wildman–Crippen LogP) is 1.80. The zero-order valence-corrected chi connectivity index (χ0v) is 16.8. The first-order valence-electron chi connectivity index (χ1n) is 10.3. The summed E-state index contributed by atoms with van der Waals surface area (Å²) >= 11 is 0. The highest BCUT2D eigenvalue weighted by Gasteiger charge is 2.21. The molecule has 0 saturated carbocycles. The van der Waals surface area contributed by atoms with E-state index in [9.17, 15) is 9.59 Å². The number of nitrogens with zero attached hydrogens (tertiary/aromatic N) is 2. The van der Waals surface area contributed by atoms with Gasteiger partial charge in [0.25, 0.3) is 0 Å². The Morgan fingerprint density at radius 3 is 2.21 bits per heavy atom.